The van der Waals surface area contributed by atoms with Gasteiger partial charge < -0.3 is 10.4 Å². The van der Waals surface area contributed by atoms with Crippen LogP contribution in [-0.2, 0) is 11.3 Å². The zero-order valence-corrected chi connectivity index (χ0v) is 11.3. The maximum atomic E-state index is 11.6. The van der Waals surface area contributed by atoms with Crippen molar-refractivity contribution in [2.45, 2.75) is 45.6 Å². The predicted molar refractivity (Wildman–Crippen MR) is 71.0 cm³/mol. The summed E-state index contributed by atoms with van der Waals surface area (Å²) in [6, 6.07) is 1.42. The Morgan fingerprint density at radius 1 is 1.37 bits per heavy atom. The summed E-state index contributed by atoms with van der Waals surface area (Å²) in [7, 11) is 0. The van der Waals surface area contributed by atoms with Crippen LogP contribution in [0.4, 0.5) is 0 Å². The van der Waals surface area contributed by atoms with Crippen LogP contribution in [0.2, 0.25) is 0 Å². The maximum absolute atomic E-state index is 11.6. The van der Waals surface area contributed by atoms with Crippen molar-refractivity contribution in [1.82, 2.24) is 15.1 Å². The van der Waals surface area contributed by atoms with Gasteiger partial charge in [-0.25, -0.2) is 4.79 Å². The maximum Gasteiger partial charge on any atom is 0.354 e. The highest BCUT2D eigenvalue weighted by atomic mass is 16.4. The molecule has 0 aromatic carbocycles. The SMILES string of the molecule is CCCCCCNC(=O)CCn1nccc1C(=O)O. The van der Waals surface area contributed by atoms with E-state index in [9.17, 15) is 9.59 Å². The summed E-state index contributed by atoms with van der Waals surface area (Å²) >= 11 is 0. The van der Waals surface area contributed by atoms with E-state index in [0.717, 1.165) is 12.8 Å². The van der Waals surface area contributed by atoms with Crippen LogP contribution in [0.15, 0.2) is 12.3 Å². The van der Waals surface area contributed by atoms with Crippen LogP contribution in [0.5, 0.6) is 0 Å². The molecule has 0 aliphatic heterocycles. The van der Waals surface area contributed by atoms with Gasteiger partial charge in [0, 0.05) is 19.2 Å². The molecule has 0 spiro atoms. The van der Waals surface area contributed by atoms with Crippen molar-refractivity contribution in [2.24, 2.45) is 0 Å². The Kier molecular flexibility index (Phi) is 6.63. The summed E-state index contributed by atoms with van der Waals surface area (Å²) in [5, 5.41) is 15.6. The number of aromatic carboxylic acids is 1. The second-order valence-corrected chi connectivity index (χ2v) is 4.41. The number of nitrogens with one attached hydrogen (secondary N) is 1. The highest BCUT2D eigenvalue weighted by molar-refractivity contribution is 5.85. The minimum absolute atomic E-state index is 0.0664. The standard InChI is InChI=1S/C13H21N3O3/c1-2-3-4-5-8-14-12(17)7-10-16-11(13(18)19)6-9-15-16/h6,9H,2-5,7-8,10H2,1H3,(H,14,17)(H,18,19). The minimum Gasteiger partial charge on any atom is -0.477 e. The molecule has 1 aromatic heterocycles. The molecule has 0 atom stereocenters. The average molecular weight is 267 g/mol. The van der Waals surface area contributed by atoms with Gasteiger partial charge in [0.05, 0.1) is 6.54 Å². The van der Waals surface area contributed by atoms with E-state index in [1.54, 1.807) is 0 Å². The molecule has 0 radical (unpaired) electrons. The summed E-state index contributed by atoms with van der Waals surface area (Å²) in [4.78, 5) is 22.4. The van der Waals surface area contributed by atoms with Gasteiger partial charge in [-0.2, -0.15) is 5.10 Å². The molecule has 0 saturated heterocycles. The van der Waals surface area contributed by atoms with Gasteiger partial charge in [-0.3, -0.25) is 9.48 Å². The van der Waals surface area contributed by atoms with Crippen LogP contribution >= 0.6 is 0 Å². The van der Waals surface area contributed by atoms with Crippen LogP contribution in [0, 0.1) is 0 Å². The van der Waals surface area contributed by atoms with E-state index in [0.29, 0.717) is 6.54 Å². The summed E-state index contributed by atoms with van der Waals surface area (Å²) in [6.45, 7) is 3.11. The van der Waals surface area contributed by atoms with E-state index in [1.807, 2.05) is 0 Å². The van der Waals surface area contributed by atoms with Gasteiger partial charge in [0.25, 0.3) is 0 Å². The van der Waals surface area contributed by atoms with Crippen LogP contribution in [0.3, 0.4) is 0 Å². The number of carbonyl (C=O) groups is 2. The number of carbonyl (C=O) groups excluding carboxylic acids is 1. The lowest BCUT2D eigenvalue weighted by Gasteiger charge is -2.06. The van der Waals surface area contributed by atoms with E-state index in [-0.39, 0.29) is 24.6 Å². The third kappa shape index (κ3) is 5.54. The molecule has 0 saturated carbocycles. The first-order chi connectivity index (χ1) is 9.15. The molecule has 1 amide bonds. The topological polar surface area (TPSA) is 84.2 Å². The van der Waals surface area contributed by atoms with E-state index in [1.165, 1.54) is 29.8 Å². The molecule has 0 aliphatic rings. The molecule has 106 valence electrons. The van der Waals surface area contributed by atoms with Crippen molar-refractivity contribution >= 4 is 11.9 Å². The van der Waals surface area contributed by atoms with Crippen molar-refractivity contribution in [3.63, 3.8) is 0 Å². The predicted octanol–water partition coefficient (Wildman–Crippen LogP) is 1.67. The molecule has 1 heterocycles. The fourth-order valence-corrected chi connectivity index (χ4v) is 1.77. The van der Waals surface area contributed by atoms with Crippen LogP contribution in [0.25, 0.3) is 0 Å². The molecule has 0 bridgehead atoms. The van der Waals surface area contributed by atoms with Crippen molar-refractivity contribution in [3.8, 4) is 0 Å². The number of nitrogens with zero attached hydrogens (tertiary/aromatic N) is 2. The number of hydrogen-bond donors (Lipinski definition) is 2. The monoisotopic (exact) mass is 267 g/mol. The summed E-state index contributed by atoms with van der Waals surface area (Å²) in [5.74, 6) is -1.10. The average Bonchev–Trinajstić information content (AvgIpc) is 2.84. The quantitative estimate of drug-likeness (QED) is 0.666. The molecule has 1 rings (SSSR count). The fourth-order valence-electron chi connectivity index (χ4n) is 1.77. The number of amides is 1. The van der Waals surface area contributed by atoms with Gasteiger partial charge in [-0.05, 0) is 12.5 Å². The Balaban J connectivity index is 2.22. The molecule has 19 heavy (non-hydrogen) atoms. The first-order valence-electron chi connectivity index (χ1n) is 6.67. The van der Waals surface area contributed by atoms with E-state index >= 15 is 0 Å². The van der Waals surface area contributed by atoms with E-state index in [2.05, 4.69) is 17.3 Å². The van der Waals surface area contributed by atoms with Crippen molar-refractivity contribution in [1.29, 1.82) is 0 Å². The molecule has 2 N–H and O–H groups in total. The van der Waals surface area contributed by atoms with Gasteiger partial charge in [-0.15, -0.1) is 0 Å². The van der Waals surface area contributed by atoms with Gasteiger partial charge in [0.1, 0.15) is 5.69 Å². The molecule has 0 unspecified atom stereocenters. The zero-order chi connectivity index (χ0) is 14.1. The number of aromatic nitrogens is 2. The van der Waals surface area contributed by atoms with Crippen molar-refractivity contribution in [3.05, 3.63) is 18.0 Å². The van der Waals surface area contributed by atoms with Gasteiger partial charge in [0.15, 0.2) is 0 Å². The Bertz CT molecular complexity index is 415. The second kappa shape index (κ2) is 8.29. The number of carboxylic acid groups (broad SMARTS) is 1. The summed E-state index contributed by atoms with van der Waals surface area (Å²) in [5.41, 5.74) is 0.107. The lowest BCUT2D eigenvalue weighted by atomic mass is 10.2. The molecule has 6 nitrogen and oxygen atoms in total. The van der Waals surface area contributed by atoms with Gasteiger partial charge >= 0.3 is 5.97 Å². The van der Waals surface area contributed by atoms with Gasteiger partial charge in [-0.1, -0.05) is 26.2 Å². The Morgan fingerprint density at radius 3 is 2.84 bits per heavy atom. The van der Waals surface area contributed by atoms with Crippen molar-refractivity contribution in [2.75, 3.05) is 6.54 Å². The largest absolute Gasteiger partial charge is 0.477 e. The third-order valence-corrected chi connectivity index (χ3v) is 2.84. The minimum atomic E-state index is -1.03. The highest BCUT2D eigenvalue weighted by Crippen LogP contribution is 2.01. The number of aryl methyl sites for hydroxylation is 1. The van der Waals surface area contributed by atoms with Gasteiger partial charge in [0.2, 0.25) is 5.91 Å². The zero-order valence-electron chi connectivity index (χ0n) is 11.3. The third-order valence-electron chi connectivity index (χ3n) is 2.84. The number of carboxylic acids is 1. The Morgan fingerprint density at radius 2 is 2.16 bits per heavy atom. The molecule has 0 fully saturated rings. The number of unbranched alkanes of at least 4 members (excludes halogenated alkanes) is 3. The normalized spacial score (nSPS) is 10.4. The lowest BCUT2D eigenvalue weighted by molar-refractivity contribution is -0.121. The molecule has 0 aliphatic carbocycles. The molecular weight excluding hydrogens is 246 g/mol. The molecule has 1 aromatic rings. The number of hydrogen-bond acceptors (Lipinski definition) is 3. The van der Waals surface area contributed by atoms with Crippen molar-refractivity contribution < 1.29 is 14.7 Å². The Labute approximate surface area is 112 Å². The number of rotatable bonds is 9. The van der Waals surface area contributed by atoms with E-state index in [4.69, 9.17) is 5.11 Å². The Hall–Kier alpha value is -1.85. The fraction of sp³-hybridized carbons (Fsp3) is 0.615. The first kappa shape index (κ1) is 15.2. The van der Waals surface area contributed by atoms with E-state index < -0.39 is 5.97 Å². The smallest absolute Gasteiger partial charge is 0.354 e. The van der Waals surface area contributed by atoms with Crippen LogP contribution in [-0.4, -0.2) is 33.3 Å². The molecule has 6 heteroatoms. The summed E-state index contributed by atoms with van der Waals surface area (Å²) in [6.07, 6.45) is 6.14. The summed E-state index contributed by atoms with van der Waals surface area (Å²) < 4.78 is 1.33. The molecular formula is C13H21N3O3. The van der Waals surface area contributed by atoms with Crippen LogP contribution in [0.1, 0.15) is 49.5 Å². The second-order valence-electron chi connectivity index (χ2n) is 4.41. The highest BCUT2D eigenvalue weighted by Gasteiger charge is 2.10. The lowest BCUT2D eigenvalue weighted by Crippen LogP contribution is -2.26. The van der Waals surface area contributed by atoms with Crippen LogP contribution < -0.4 is 5.32 Å². The first-order valence-corrected chi connectivity index (χ1v) is 6.67.